The standard InChI is InChI=1S/C15H16N2O2/c16-10-15(18)17-9-2-1-5-12(17)14-8-7-11-4-3-6-13(11)19-14/h1-4,6-8,12H,5,9-10,16H2. The largest absolute Gasteiger partial charge is 0.459 e. The molecule has 0 aromatic rings. The number of hydrogen-bond acceptors (Lipinski definition) is 3. The van der Waals surface area contributed by atoms with Crippen molar-refractivity contribution in [1.82, 2.24) is 4.90 Å². The Balaban J connectivity index is 1.96. The second-order valence-electron chi connectivity index (χ2n) is 4.66. The zero-order chi connectivity index (χ0) is 13.2. The molecule has 2 N–H and O–H groups in total. The lowest BCUT2D eigenvalue weighted by atomic mass is 10.0. The second kappa shape index (κ2) is 4.90. The minimum atomic E-state index is -0.0552. The maximum atomic E-state index is 11.9. The summed E-state index contributed by atoms with van der Waals surface area (Å²) in [6, 6.07) is 9.82. The van der Waals surface area contributed by atoms with Gasteiger partial charge in [-0.05, 0) is 24.6 Å². The molecule has 0 aromatic heterocycles. The van der Waals surface area contributed by atoms with Crippen LogP contribution in [0.4, 0.5) is 0 Å². The zero-order valence-corrected chi connectivity index (χ0v) is 10.6. The quantitative estimate of drug-likeness (QED) is 0.838. The van der Waals surface area contributed by atoms with Crippen molar-refractivity contribution in [2.45, 2.75) is 12.5 Å². The lowest BCUT2D eigenvalue weighted by molar-refractivity contribution is -0.132. The van der Waals surface area contributed by atoms with Gasteiger partial charge in [0.1, 0.15) is 11.5 Å². The summed E-state index contributed by atoms with van der Waals surface area (Å²) in [6.45, 7) is 0.623. The Hall–Kier alpha value is -2.07. The number of carbonyl (C=O) groups is 1. The van der Waals surface area contributed by atoms with Crippen molar-refractivity contribution in [2.75, 3.05) is 13.1 Å². The normalized spacial score (nSPS) is 19.0. The molecule has 2 aliphatic heterocycles. The van der Waals surface area contributed by atoms with Crippen LogP contribution in [0.5, 0.6) is 0 Å². The molecule has 0 bridgehead atoms. The van der Waals surface area contributed by atoms with E-state index >= 15 is 0 Å². The number of hydrogen-bond donors (Lipinski definition) is 1. The van der Waals surface area contributed by atoms with E-state index in [-0.39, 0.29) is 18.5 Å². The molecule has 3 aliphatic rings. The molecule has 0 spiro atoms. The van der Waals surface area contributed by atoms with Gasteiger partial charge in [-0.2, -0.15) is 0 Å². The molecular formula is C15H16N2O2. The molecular weight excluding hydrogens is 240 g/mol. The Morgan fingerprint density at radius 1 is 1.32 bits per heavy atom. The molecule has 0 fully saturated rings. The van der Waals surface area contributed by atoms with Gasteiger partial charge in [-0.25, -0.2) is 0 Å². The van der Waals surface area contributed by atoms with Crippen molar-refractivity contribution in [1.29, 1.82) is 0 Å². The molecule has 2 heterocycles. The average molecular weight is 256 g/mol. The van der Waals surface area contributed by atoms with Gasteiger partial charge in [-0.1, -0.05) is 24.3 Å². The molecule has 4 nitrogen and oxygen atoms in total. The van der Waals surface area contributed by atoms with Crippen molar-refractivity contribution in [3.8, 4) is 11.3 Å². The minimum absolute atomic E-state index is 0.0307. The van der Waals surface area contributed by atoms with E-state index in [4.69, 9.17) is 10.2 Å². The van der Waals surface area contributed by atoms with Gasteiger partial charge in [0.2, 0.25) is 5.91 Å². The maximum Gasteiger partial charge on any atom is 0.237 e. The molecule has 98 valence electrons. The molecule has 19 heavy (non-hydrogen) atoms. The third-order valence-electron chi connectivity index (χ3n) is 3.49. The summed E-state index contributed by atoms with van der Waals surface area (Å²) in [6.07, 6.45) is 4.84. The number of nitrogens with zero attached hydrogens (tertiary/aromatic N) is 1. The number of fused-ring (bicyclic) bond motifs is 1. The van der Waals surface area contributed by atoms with Crippen LogP contribution in [0.1, 0.15) is 18.2 Å². The van der Waals surface area contributed by atoms with Gasteiger partial charge in [0.25, 0.3) is 0 Å². The van der Waals surface area contributed by atoms with E-state index in [0.29, 0.717) is 6.54 Å². The summed E-state index contributed by atoms with van der Waals surface area (Å²) in [4.78, 5) is 13.7. The van der Waals surface area contributed by atoms with E-state index in [2.05, 4.69) is 6.08 Å². The van der Waals surface area contributed by atoms with Crippen LogP contribution in [0.25, 0.3) is 11.3 Å². The monoisotopic (exact) mass is 256 g/mol. The SMILES string of the molecule is NCC(=O)N1CC=CCC1c1ccc2cccc-2o1. The Kier molecular flexibility index (Phi) is 3.09. The molecule has 1 atom stereocenters. The smallest absolute Gasteiger partial charge is 0.237 e. The molecule has 3 rings (SSSR count). The predicted molar refractivity (Wildman–Crippen MR) is 72.6 cm³/mol. The second-order valence-corrected chi connectivity index (χ2v) is 4.66. The highest BCUT2D eigenvalue weighted by Crippen LogP contribution is 2.32. The average Bonchev–Trinajstić information content (AvgIpc) is 2.93. The Labute approximate surface area is 111 Å². The summed E-state index contributed by atoms with van der Waals surface area (Å²) in [5, 5.41) is 0. The highest BCUT2D eigenvalue weighted by molar-refractivity contribution is 5.78. The Morgan fingerprint density at radius 3 is 3.05 bits per heavy atom. The third-order valence-corrected chi connectivity index (χ3v) is 3.49. The highest BCUT2D eigenvalue weighted by Gasteiger charge is 2.27. The van der Waals surface area contributed by atoms with Crippen molar-refractivity contribution in [3.05, 3.63) is 48.2 Å². The molecule has 1 aliphatic carbocycles. The lowest BCUT2D eigenvalue weighted by Gasteiger charge is -2.32. The van der Waals surface area contributed by atoms with Gasteiger partial charge < -0.3 is 15.1 Å². The molecule has 1 unspecified atom stereocenters. The van der Waals surface area contributed by atoms with Gasteiger partial charge in [0.05, 0.1) is 12.6 Å². The first kappa shape index (κ1) is 12.0. The first-order chi connectivity index (χ1) is 9.29. The van der Waals surface area contributed by atoms with Crippen LogP contribution in [-0.4, -0.2) is 23.9 Å². The molecule has 0 aromatic carbocycles. The first-order valence-corrected chi connectivity index (χ1v) is 6.42. The van der Waals surface area contributed by atoms with Gasteiger partial charge >= 0.3 is 0 Å². The van der Waals surface area contributed by atoms with Gasteiger partial charge in [-0.15, -0.1) is 0 Å². The predicted octanol–water partition coefficient (Wildman–Crippen LogP) is 2.17. The van der Waals surface area contributed by atoms with E-state index in [9.17, 15) is 4.79 Å². The molecule has 0 saturated carbocycles. The Morgan fingerprint density at radius 2 is 2.21 bits per heavy atom. The van der Waals surface area contributed by atoms with Crippen LogP contribution >= 0.6 is 0 Å². The van der Waals surface area contributed by atoms with Crippen LogP contribution in [-0.2, 0) is 4.79 Å². The molecule has 0 saturated heterocycles. The topological polar surface area (TPSA) is 59.5 Å². The summed E-state index contributed by atoms with van der Waals surface area (Å²) in [7, 11) is 0. The van der Waals surface area contributed by atoms with Crippen molar-refractivity contribution >= 4 is 5.91 Å². The van der Waals surface area contributed by atoms with Crippen LogP contribution in [0.15, 0.2) is 46.9 Å². The van der Waals surface area contributed by atoms with Crippen LogP contribution in [0, 0.1) is 0 Å². The van der Waals surface area contributed by atoms with E-state index in [1.54, 1.807) is 4.90 Å². The van der Waals surface area contributed by atoms with Gasteiger partial charge in [0.15, 0.2) is 0 Å². The molecule has 4 heteroatoms. The molecule has 1 amide bonds. The zero-order valence-electron chi connectivity index (χ0n) is 10.6. The van der Waals surface area contributed by atoms with E-state index in [1.807, 2.05) is 36.4 Å². The molecule has 0 radical (unpaired) electrons. The van der Waals surface area contributed by atoms with Crippen LogP contribution < -0.4 is 5.73 Å². The summed E-state index contributed by atoms with van der Waals surface area (Å²) < 4.78 is 5.90. The third kappa shape index (κ3) is 2.15. The number of rotatable bonds is 2. The number of amides is 1. The van der Waals surface area contributed by atoms with Gasteiger partial charge in [-0.3, -0.25) is 4.79 Å². The fourth-order valence-electron chi connectivity index (χ4n) is 2.49. The van der Waals surface area contributed by atoms with Crippen LogP contribution in [0.2, 0.25) is 0 Å². The highest BCUT2D eigenvalue weighted by atomic mass is 16.3. The van der Waals surface area contributed by atoms with Crippen molar-refractivity contribution in [2.24, 2.45) is 5.73 Å². The summed E-state index contributed by atoms with van der Waals surface area (Å²) in [5.41, 5.74) is 6.55. The van der Waals surface area contributed by atoms with Crippen LogP contribution in [0.3, 0.4) is 0 Å². The lowest BCUT2D eigenvalue weighted by Crippen LogP contribution is -2.40. The summed E-state index contributed by atoms with van der Waals surface area (Å²) in [5.74, 6) is 1.62. The maximum absolute atomic E-state index is 11.9. The summed E-state index contributed by atoms with van der Waals surface area (Å²) >= 11 is 0. The van der Waals surface area contributed by atoms with Gasteiger partial charge in [0, 0.05) is 12.1 Å². The van der Waals surface area contributed by atoms with Crippen molar-refractivity contribution in [3.63, 3.8) is 0 Å². The number of nitrogens with two attached hydrogens (primary N) is 1. The fourth-order valence-corrected chi connectivity index (χ4v) is 2.49. The van der Waals surface area contributed by atoms with E-state index in [0.717, 1.165) is 23.5 Å². The minimum Gasteiger partial charge on any atom is -0.459 e. The van der Waals surface area contributed by atoms with E-state index in [1.165, 1.54) is 0 Å². The first-order valence-electron chi connectivity index (χ1n) is 6.42. The van der Waals surface area contributed by atoms with E-state index < -0.39 is 0 Å². The number of carbonyl (C=O) groups excluding carboxylic acids is 1. The van der Waals surface area contributed by atoms with Crippen molar-refractivity contribution < 1.29 is 9.21 Å². The fraction of sp³-hybridized carbons (Fsp3) is 0.267. The Bertz CT molecular complexity index is 588.